The second-order valence-electron chi connectivity index (χ2n) is 6.31. The molecule has 0 aromatic heterocycles. The molecule has 1 aliphatic heterocycles. The Labute approximate surface area is 123 Å². The Kier molecular flexibility index (Phi) is 3.46. The van der Waals surface area contributed by atoms with Crippen LogP contribution in [0.25, 0.3) is 0 Å². The van der Waals surface area contributed by atoms with Crippen molar-refractivity contribution in [2.75, 3.05) is 26.7 Å². The van der Waals surface area contributed by atoms with E-state index < -0.39 is 5.82 Å². The summed E-state index contributed by atoms with van der Waals surface area (Å²) in [4.78, 5) is 14.3. The van der Waals surface area contributed by atoms with Gasteiger partial charge in [-0.15, -0.1) is 0 Å². The maximum absolute atomic E-state index is 13.2. The minimum Gasteiger partial charge on any atom is -0.352 e. The number of carbonyl (C=O) groups excluding carboxylic acids is 1. The van der Waals surface area contributed by atoms with E-state index in [2.05, 4.69) is 17.3 Å². The molecule has 1 aliphatic carbocycles. The molecule has 0 unspecified atom stereocenters. The number of hydrogen-bond donors (Lipinski definition) is 1. The molecular weight excluding hydrogens is 279 g/mol. The Morgan fingerprint density at radius 1 is 1.45 bits per heavy atom. The lowest BCUT2D eigenvalue weighted by Crippen LogP contribution is -2.61. The van der Waals surface area contributed by atoms with Gasteiger partial charge in [0, 0.05) is 30.2 Å². The van der Waals surface area contributed by atoms with Crippen LogP contribution in [0.2, 0.25) is 5.02 Å². The van der Waals surface area contributed by atoms with Crippen LogP contribution in [-0.4, -0.2) is 37.5 Å². The first-order valence-electron chi connectivity index (χ1n) is 6.89. The molecule has 2 aliphatic rings. The van der Waals surface area contributed by atoms with Crippen molar-refractivity contribution in [1.29, 1.82) is 0 Å². The molecule has 0 bridgehead atoms. The van der Waals surface area contributed by atoms with Crippen molar-refractivity contribution in [2.24, 2.45) is 11.3 Å². The maximum atomic E-state index is 13.2. The molecule has 1 saturated carbocycles. The maximum Gasteiger partial charge on any atom is 0.251 e. The molecule has 0 atom stereocenters. The van der Waals surface area contributed by atoms with Gasteiger partial charge in [-0.3, -0.25) is 4.79 Å². The number of nitrogens with one attached hydrogen (secondary N) is 1. The van der Waals surface area contributed by atoms with Gasteiger partial charge in [0.05, 0.1) is 0 Å². The standard InChI is InChI=1S/C15H18ClFN2O/c1-19-8-15(9-19)5-10(6-15)7-18-14(20)11-2-12(16)4-13(17)3-11/h2-4,10H,5-9H2,1H3,(H,18,20). The summed E-state index contributed by atoms with van der Waals surface area (Å²) in [6, 6.07) is 3.90. The van der Waals surface area contributed by atoms with E-state index in [4.69, 9.17) is 11.6 Å². The molecule has 1 N–H and O–H groups in total. The smallest absolute Gasteiger partial charge is 0.251 e. The number of nitrogens with zero attached hydrogens (tertiary/aromatic N) is 1. The van der Waals surface area contributed by atoms with Crippen LogP contribution in [0.1, 0.15) is 23.2 Å². The molecule has 2 fully saturated rings. The van der Waals surface area contributed by atoms with Crippen molar-refractivity contribution in [3.05, 3.63) is 34.6 Å². The topological polar surface area (TPSA) is 32.3 Å². The normalized spacial score (nSPS) is 21.4. The van der Waals surface area contributed by atoms with Gasteiger partial charge in [-0.05, 0) is 49.4 Å². The highest BCUT2D eigenvalue weighted by Gasteiger charge is 2.50. The van der Waals surface area contributed by atoms with Gasteiger partial charge >= 0.3 is 0 Å². The first kappa shape index (κ1) is 13.8. The highest BCUT2D eigenvalue weighted by molar-refractivity contribution is 6.31. The summed E-state index contributed by atoms with van der Waals surface area (Å²) >= 11 is 5.75. The number of rotatable bonds is 3. The SMILES string of the molecule is CN1CC2(CC(CNC(=O)c3cc(F)cc(Cl)c3)C2)C1. The second-order valence-corrected chi connectivity index (χ2v) is 6.75. The van der Waals surface area contributed by atoms with E-state index >= 15 is 0 Å². The molecular formula is C15H18ClFN2O. The molecule has 1 heterocycles. The number of benzene rings is 1. The Balaban J connectivity index is 1.48. The van der Waals surface area contributed by atoms with E-state index in [1.165, 1.54) is 44.1 Å². The number of likely N-dealkylation sites (tertiary alicyclic amines) is 1. The highest BCUT2D eigenvalue weighted by Crippen LogP contribution is 2.50. The molecule has 1 amide bonds. The van der Waals surface area contributed by atoms with Crippen molar-refractivity contribution >= 4 is 17.5 Å². The van der Waals surface area contributed by atoms with Crippen LogP contribution in [0.15, 0.2) is 18.2 Å². The van der Waals surface area contributed by atoms with Gasteiger partial charge in [-0.2, -0.15) is 0 Å². The molecule has 0 radical (unpaired) electrons. The monoisotopic (exact) mass is 296 g/mol. The zero-order valence-corrected chi connectivity index (χ0v) is 12.2. The van der Waals surface area contributed by atoms with Gasteiger partial charge in [0.25, 0.3) is 5.91 Å². The van der Waals surface area contributed by atoms with E-state index in [-0.39, 0.29) is 16.5 Å². The molecule has 1 saturated heterocycles. The third-order valence-corrected chi connectivity index (χ3v) is 4.55. The summed E-state index contributed by atoms with van der Waals surface area (Å²) < 4.78 is 13.2. The van der Waals surface area contributed by atoms with Gasteiger partial charge in [-0.1, -0.05) is 11.6 Å². The number of amides is 1. The molecule has 3 nitrogen and oxygen atoms in total. The van der Waals surface area contributed by atoms with Gasteiger partial charge in [-0.25, -0.2) is 4.39 Å². The molecule has 108 valence electrons. The van der Waals surface area contributed by atoms with Gasteiger partial charge in [0.2, 0.25) is 0 Å². The summed E-state index contributed by atoms with van der Waals surface area (Å²) in [6.07, 6.45) is 2.36. The van der Waals surface area contributed by atoms with Gasteiger partial charge < -0.3 is 10.2 Å². The predicted octanol–water partition coefficient (Wildman–Crippen LogP) is 2.55. The lowest BCUT2D eigenvalue weighted by molar-refractivity contribution is -0.0799. The first-order valence-corrected chi connectivity index (χ1v) is 7.26. The van der Waals surface area contributed by atoms with E-state index in [0.717, 1.165) is 0 Å². The van der Waals surface area contributed by atoms with Gasteiger partial charge in [0.1, 0.15) is 5.82 Å². The lowest BCUT2D eigenvalue weighted by atomic mass is 9.58. The third kappa shape index (κ3) is 2.67. The van der Waals surface area contributed by atoms with Crippen molar-refractivity contribution in [2.45, 2.75) is 12.8 Å². The number of carbonyl (C=O) groups is 1. The average molecular weight is 297 g/mol. The summed E-state index contributed by atoms with van der Waals surface area (Å²) in [5, 5.41) is 3.12. The fraction of sp³-hybridized carbons (Fsp3) is 0.533. The van der Waals surface area contributed by atoms with Crippen LogP contribution < -0.4 is 5.32 Å². The van der Waals surface area contributed by atoms with E-state index in [1.807, 2.05) is 0 Å². The van der Waals surface area contributed by atoms with Crippen molar-refractivity contribution in [3.63, 3.8) is 0 Å². The van der Waals surface area contributed by atoms with Crippen molar-refractivity contribution in [3.8, 4) is 0 Å². The molecule has 1 aromatic carbocycles. The minimum absolute atomic E-state index is 0.246. The minimum atomic E-state index is -0.484. The van der Waals surface area contributed by atoms with E-state index in [1.54, 1.807) is 0 Å². The Hall–Kier alpha value is -1.13. The summed E-state index contributed by atoms with van der Waals surface area (Å²) in [5.74, 6) is -0.183. The summed E-state index contributed by atoms with van der Waals surface area (Å²) in [6.45, 7) is 3.02. The average Bonchev–Trinajstić information content (AvgIpc) is 2.28. The lowest BCUT2D eigenvalue weighted by Gasteiger charge is -2.58. The van der Waals surface area contributed by atoms with Crippen molar-refractivity contribution < 1.29 is 9.18 Å². The molecule has 20 heavy (non-hydrogen) atoms. The Morgan fingerprint density at radius 2 is 2.15 bits per heavy atom. The van der Waals surface area contributed by atoms with Crippen LogP contribution in [-0.2, 0) is 0 Å². The number of halogens is 2. The van der Waals surface area contributed by atoms with Crippen LogP contribution in [0.3, 0.4) is 0 Å². The largest absolute Gasteiger partial charge is 0.352 e. The number of hydrogen-bond acceptors (Lipinski definition) is 2. The van der Waals surface area contributed by atoms with Gasteiger partial charge in [0.15, 0.2) is 0 Å². The van der Waals surface area contributed by atoms with E-state index in [0.29, 0.717) is 17.9 Å². The predicted molar refractivity (Wildman–Crippen MR) is 76.4 cm³/mol. The first-order chi connectivity index (χ1) is 9.46. The Bertz CT molecular complexity index is 514. The molecule has 3 rings (SSSR count). The zero-order valence-electron chi connectivity index (χ0n) is 11.5. The summed E-state index contributed by atoms with van der Waals surface area (Å²) in [5.41, 5.74) is 0.805. The van der Waals surface area contributed by atoms with Crippen LogP contribution in [0, 0.1) is 17.2 Å². The van der Waals surface area contributed by atoms with Crippen LogP contribution >= 0.6 is 11.6 Å². The van der Waals surface area contributed by atoms with Crippen molar-refractivity contribution in [1.82, 2.24) is 10.2 Å². The van der Waals surface area contributed by atoms with Crippen LogP contribution in [0.5, 0.6) is 0 Å². The highest BCUT2D eigenvalue weighted by atomic mass is 35.5. The fourth-order valence-electron chi connectivity index (χ4n) is 3.69. The van der Waals surface area contributed by atoms with Crippen LogP contribution in [0.4, 0.5) is 4.39 Å². The molecule has 1 spiro atoms. The van der Waals surface area contributed by atoms with E-state index in [9.17, 15) is 9.18 Å². The zero-order chi connectivity index (χ0) is 14.3. The summed E-state index contributed by atoms with van der Waals surface area (Å²) in [7, 11) is 2.13. The fourth-order valence-corrected chi connectivity index (χ4v) is 3.91. The molecule has 5 heteroatoms. The quantitative estimate of drug-likeness (QED) is 0.930. The third-order valence-electron chi connectivity index (χ3n) is 4.33. The Morgan fingerprint density at radius 3 is 2.75 bits per heavy atom. The molecule has 1 aromatic rings. The second kappa shape index (κ2) is 5.01.